The van der Waals surface area contributed by atoms with Gasteiger partial charge in [-0.05, 0) is 19.1 Å². The second-order valence-corrected chi connectivity index (χ2v) is 5.40. The van der Waals surface area contributed by atoms with Crippen molar-refractivity contribution in [2.75, 3.05) is 11.6 Å². The first-order valence-electron chi connectivity index (χ1n) is 4.53. The molecule has 0 aliphatic rings. The molecule has 3 N–H and O–H groups in total. The van der Waals surface area contributed by atoms with Gasteiger partial charge < -0.3 is 11.1 Å². The molecule has 1 aromatic heterocycles. The lowest BCUT2D eigenvalue weighted by molar-refractivity contribution is -0.117. The monoisotopic (exact) mass is 315 g/mol. The van der Waals surface area contributed by atoms with Crippen LogP contribution < -0.4 is 11.1 Å². The standard InChI is InChI=1S/C9H13N3O3S.2ClH/c1-6(10)9(13)12-7-3-4-8(11-5-7)16(2,14)15;;/h3-6H,10H2,1-2H3,(H,12,13);2*1H/t6-;;/m1../s1. The van der Waals surface area contributed by atoms with Gasteiger partial charge in [0.25, 0.3) is 0 Å². The number of nitrogens with zero attached hydrogens (tertiary/aromatic N) is 1. The van der Waals surface area contributed by atoms with E-state index in [0.29, 0.717) is 5.69 Å². The molecular formula is C9H15Cl2N3O3S. The van der Waals surface area contributed by atoms with Crippen LogP contribution in [-0.2, 0) is 14.6 Å². The Labute approximate surface area is 118 Å². The van der Waals surface area contributed by atoms with Crippen LogP contribution in [-0.4, -0.2) is 31.6 Å². The summed E-state index contributed by atoms with van der Waals surface area (Å²) in [6.07, 6.45) is 2.34. The van der Waals surface area contributed by atoms with Gasteiger partial charge in [0, 0.05) is 6.26 Å². The van der Waals surface area contributed by atoms with Crippen molar-refractivity contribution < 1.29 is 13.2 Å². The first-order valence-corrected chi connectivity index (χ1v) is 6.42. The van der Waals surface area contributed by atoms with E-state index in [9.17, 15) is 13.2 Å². The Morgan fingerprint density at radius 2 is 1.94 bits per heavy atom. The maximum atomic E-state index is 11.2. The van der Waals surface area contributed by atoms with Crippen LogP contribution in [0, 0.1) is 0 Å². The summed E-state index contributed by atoms with van der Waals surface area (Å²) in [5, 5.41) is 2.46. The summed E-state index contributed by atoms with van der Waals surface area (Å²) in [6.45, 7) is 1.55. The molecule has 0 spiro atoms. The number of amides is 1. The van der Waals surface area contributed by atoms with E-state index in [2.05, 4.69) is 10.3 Å². The van der Waals surface area contributed by atoms with Crippen molar-refractivity contribution in [3.63, 3.8) is 0 Å². The van der Waals surface area contributed by atoms with Crippen molar-refractivity contribution in [1.29, 1.82) is 0 Å². The number of sulfone groups is 1. The first-order chi connectivity index (χ1) is 7.30. The van der Waals surface area contributed by atoms with E-state index in [4.69, 9.17) is 5.73 Å². The predicted octanol–water partition coefficient (Wildman–Crippen LogP) is 0.614. The summed E-state index contributed by atoms with van der Waals surface area (Å²) in [4.78, 5) is 14.9. The van der Waals surface area contributed by atoms with Gasteiger partial charge >= 0.3 is 0 Å². The molecule has 0 aromatic carbocycles. The average Bonchev–Trinajstić information content (AvgIpc) is 2.17. The van der Waals surface area contributed by atoms with Gasteiger partial charge in [0.15, 0.2) is 14.9 Å². The zero-order chi connectivity index (χ0) is 12.3. The minimum absolute atomic E-state index is 0. The lowest BCUT2D eigenvalue weighted by atomic mass is 10.3. The zero-order valence-electron chi connectivity index (χ0n) is 9.78. The van der Waals surface area contributed by atoms with Crippen LogP contribution in [0.25, 0.3) is 0 Å². The molecule has 9 heteroatoms. The third kappa shape index (κ3) is 5.63. The molecule has 0 bridgehead atoms. The van der Waals surface area contributed by atoms with E-state index >= 15 is 0 Å². The van der Waals surface area contributed by atoms with Gasteiger partial charge in [-0.15, -0.1) is 24.8 Å². The summed E-state index contributed by atoms with van der Waals surface area (Å²) in [6, 6.07) is 2.16. The van der Waals surface area contributed by atoms with E-state index in [0.717, 1.165) is 6.26 Å². The van der Waals surface area contributed by atoms with E-state index in [1.807, 2.05) is 0 Å². The molecule has 0 radical (unpaired) electrons. The van der Waals surface area contributed by atoms with Crippen molar-refractivity contribution in [1.82, 2.24) is 4.98 Å². The zero-order valence-corrected chi connectivity index (χ0v) is 12.2. The SMILES string of the molecule is C[C@@H](N)C(=O)Nc1ccc(S(C)(=O)=O)nc1.Cl.Cl. The van der Waals surface area contributed by atoms with Crippen molar-refractivity contribution >= 4 is 46.2 Å². The molecule has 18 heavy (non-hydrogen) atoms. The molecule has 1 aromatic rings. The molecule has 0 aliphatic carbocycles. The van der Waals surface area contributed by atoms with Gasteiger partial charge in [-0.2, -0.15) is 0 Å². The van der Waals surface area contributed by atoms with Gasteiger partial charge in [0.2, 0.25) is 5.91 Å². The van der Waals surface area contributed by atoms with Gasteiger partial charge in [-0.3, -0.25) is 4.79 Å². The molecule has 0 unspecified atom stereocenters. The normalized spacial score (nSPS) is 11.7. The molecule has 1 atom stereocenters. The third-order valence-corrected chi connectivity index (χ3v) is 2.80. The van der Waals surface area contributed by atoms with Gasteiger partial charge in [0.1, 0.15) is 0 Å². The summed E-state index contributed by atoms with van der Waals surface area (Å²) in [5.74, 6) is -0.353. The minimum Gasteiger partial charge on any atom is -0.323 e. The van der Waals surface area contributed by atoms with Crippen LogP contribution in [0.2, 0.25) is 0 Å². The molecule has 1 amide bonds. The summed E-state index contributed by atoms with van der Waals surface area (Å²) in [5.41, 5.74) is 5.77. The third-order valence-electron chi connectivity index (χ3n) is 1.80. The van der Waals surface area contributed by atoms with Crippen LogP contribution in [0.1, 0.15) is 6.92 Å². The van der Waals surface area contributed by atoms with Crippen LogP contribution >= 0.6 is 24.8 Å². The lowest BCUT2D eigenvalue weighted by Gasteiger charge is -2.07. The smallest absolute Gasteiger partial charge is 0.241 e. The van der Waals surface area contributed by atoms with E-state index < -0.39 is 15.9 Å². The Morgan fingerprint density at radius 1 is 1.39 bits per heavy atom. The first kappa shape index (κ1) is 19.4. The number of nitrogens with two attached hydrogens (primary N) is 1. The van der Waals surface area contributed by atoms with Crippen molar-refractivity contribution in [2.24, 2.45) is 5.73 Å². The molecule has 104 valence electrons. The highest BCUT2D eigenvalue weighted by Gasteiger charge is 2.10. The number of nitrogens with one attached hydrogen (secondary N) is 1. The Bertz CT molecular complexity index is 488. The number of carbonyl (C=O) groups is 1. The van der Waals surface area contributed by atoms with Crippen LogP contribution in [0.15, 0.2) is 23.4 Å². The van der Waals surface area contributed by atoms with E-state index in [1.165, 1.54) is 18.3 Å². The highest BCUT2D eigenvalue weighted by Crippen LogP contribution is 2.10. The maximum Gasteiger partial charge on any atom is 0.241 e. The number of pyridine rings is 1. The largest absolute Gasteiger partial charge is 0.323 e. The van der Waals surface area contributed by atoms with Crippen molar-refractivity contribution in [3.8, 4) is 0 Å². The lowest BCUT2D eigenvalue weighted by Crippen LogP contribution is -2.32. The topological polar surface area (TPSA) is 102 Å². The number of anilines is 1. The van der Waals surface area contributed by atoms with Gasteiger partial charge in [-0.25, -0.2) is 13.4 Å². The van der Waals surface area contributed by atoms with Crippen molar-refractivity contribution in [2.45, 2.75) is 18.0 Å². The molecule has 6 nitrogen and oxygen atoms in total. The quantitative estimate of drug-likeness (QED) is 0.851. The van der Waals surface area contributed by atoms with E-state index in [-0.39, 0.29) is 35.7 Å². The Morgan fingerprint density at radius 3 is 2.28 bits per heavy atom. The minimum atomic E-state index is -3.31. The average molecular weight is 316 g/mol. The maximum absolute atomic E-state index is 11.2. The number of carbonyl (C=O) groups excluding carboxylic acids is 1. The van der Waals surface area contributed by atoms with Crippen molar-refractivity contribution in [3.05, 3.63) is 18.3 Å². The Balaban J connectivity index is 0. The predicted molar refractivity (Wildman–Crippen MR) is 74.1 cm³/mol. The molecule has 0 saturated heterocycles. The second-order valence-electron chi connectivity index (χ2n) is 3.44. The molecule has 0 aliphatic heterocycles. The number of hydrogen-bond donors (Lipinski definition) is 2. The molecule has 1 rings (SSSR count). The number of hydrogen-bond acceptors (Lipinski definition) is 5. The fraction of sp³-hybridized carbons (Fsp3) is 0.333. The highest BCUT2D eigenvalue weighted by atomic mass is 35.5. The molecule has 1 heterocycles. The highest BCUT2D eigenvalue weighted by molar-refractivity contribution is 7.90. The van der Waals surface area contributed by atoms with E-state index in [1.54, 1.807) is 6.92 Å². The molecule has 0 saturated carbocycles. The fourth-order valence-corrected chi connectivity index (χ4v) is 1.49. The fourth-order valence-electron chi connectivity index (χ4n) is 0.930. The van der Waals surface area contributed by atoms with Gasteiger partial charge in [-0.1, -0.05) is 0 Å². The number of halogens is 2. The Kier molecular flexibility index (Phi) is 8.13. The summed E-state index contributed by atoms with van der Waals surface area (Å²) < 4.78 is 22.2. The summed E-state index contributed by atoms with van der Waals surface area (Å²) in [7, 11) is -3.31. The number of aromatic nitrogens is 1. The molecular weight excluding hydrogens is 301 g/mol. The van der Waals surface area contributed by atoms with Crippen LogP contribution in [0.4, 0.5) is 5.69 Å². The second kappa shape index (κ2) is 7.52. The van der Waals surface area contributed by atoms with Crippen LogP contribution in [0.3, 0.4) is 0 Å². The summed E-state index contributed by atoms with van der Waals surface area (Å²) >= 11 is 0. The van der Waals surface area contributed by atoms with Gasteiger partial charge in [0.05, 0.1) is 17.9 Å². The van der Waals surface area contributed by atoms with Crippen LogP contribution in [0.5, 0.6) is 0 Å². The Hall–Kier alpha value is -0.890. The molecule has 0 fully saturated rings. The number of rotatable bonds is 3.